The van der Waals surface area contributed by atoms with Crippen molar-refractivity contribution in [3.05, 3.63) is 35.5 Å². The smallest absolute Gasteiger partial charge is 0.334 e. The lowest BCUT2D eigenvalue weighted by atomic mass is 9.96. The molecule has 0 aliphatic carbocycles. The summed E-state index contributed by atoms with van der Waals surface area (Å²) in [5.41, 5.74) is 0.332. The molecule has 6 heteroatoms. The number of rotatable bonds is 3. The standard InChI is InChI=1S/C11H12N2O4/c14-10(8-6-9(12-8)11(15)16)13(17)7-4-2-1-3-5-7/h1-5,8-9,12-13H,6H2,(H,15,16). The Morgan fingerprint density at radius 1 is 1.29 bits per heavy atom. The van der Waals surface area contributed by atoms with Crippen molar-refractivity contribution in [2.75, 3.05) is 0 Å². The number of hydrogen-bond donors (Lipinski definition) is 3. The Labute approximate surface area is 97.4 Å². The Morgan fingerprint density at radius 3 is 2.41 bits per heavy atom. The molecule has 1 fully saturated rings. The minimum absolute atomic E-state index is 0.173. The molecule has 0 aromatic heterocycles. The van der Waals surface area contributed by atoms with Crippen molar-refractivity contribution >= 4 is 17.6 Å². The Bertz CT molecular complexity index is 428. The van der Waals surface area contributed by atoms with Crippen LogP contribution in [0.2, 0.25) is 0 Å². The van der Waals surface area contributed by atoms with Gasteiger partial charge in [0, 0.05) is 6.42 Å². The highest BCUT2D eigenvalue weighted by molar-refractivity contribution is 5.83. The molecule has 1 aromatic carbocycles. The van der Waals surface area contributed by atoms with Crippen LogP contribution in [0.5, 0.6) is 0 Å². The van der Waals surface area contributed by atoms with Crippen LogP contribution < -0.4 is 10.4 Å². The predicted octanol–water partition coefficient (Wildman–Crippen LogP) is -0.957. The van der Waals surface area contributed by atoms with E-state index in [0.717, 1.165) is 0 Å². The fraction of sp³-hybridized carbons (Fsp3) is 0.273. The molecule has 1 aliphatic rings. The average molecular weight is 236 g/mol. The molecule has 0 saturated carbocycles. The normalized spacial score (nSPS) is 24.8. The molecule has 90 valence electrons. The first-order valence-corrected chi connectivity index (χ1v) is 5.22. The van der Waals surface area contributed by atoms with Crippen LogP contribution in [0.4, 0.5) is 5.69 Å². The van der Waals surface area contributed by atoms with E-state index >= 15 is 0 Å². The third kappa shape index (κ3) is 2.33. The third-order valence-corrected chi connectivity index (χ3v) is 2.75. The van der Waals surface area contributed by atoms with Crippen LogP contribution in [-0.4, -0.2) is 29.1 Å². The summed E-state index contributed by atoms with van der Waals surface area (Å²) in [6, 6.07) is 6.85. The van der Waals surface area contributed by atoms with Crippen LogP contribution in [0.1, 0.15) is 6.42 Å². The van der Waals surface area contributed by atoms with Crippen molar-refractivity contribution < 1.29 is 19.8 Å². The van der Waals surface area contributed by atoms with E-state index in [-0.39, 0.29) is 6.42 Å². The maximum absolute atomic E-state index is 11.7. The minimum atomic E-state index is -0.999. The second-order valence-corrected chi connectivity index (χ2v) is 3.91. The number of hydrogen-bond acceptors (Lipinski definition) is 4. The monoisotopic (exact) mass is 236 g/mol. The number of carbonyl (C=O) groups is 2. The number of para-hydroxylation sites is 1. The number of amides is 1. The summed E-state index contributed by atoms with van der Waals surface area (Å²) < 4.78 is 0. The van der Waals surface area contributed by atoms with Crippen LogP contribution >= 0.6 is 0 Å². The summed E-state index contributed by atoms with van der Waals surface area (Å²) in [5.74, 6) is -1.57. The van der Waals surface area contributed by atoms with Crippen LogP contribution in [0.15, 0.2) is 30.3 Å². The van der Waals surface area contributed by atoms with E-state index in [2.05, 4.69) is 5.32 Å². The molecule has 0 bridgehead atoms. The molecule has 1 saturated heterocycles. The van der Waals surface area contributed by atoms with E-state index in [1.165, 1.54) is 0 Å². The van der Waals surface area contributed by atoms with Gasteiger partial charge in [-0.15, -0.1) is 0 Å². The minimum Gasteiger partial charge on any atom is -0.621 e. The van der Waals surface area contributed by atoms with Gasteiger partial charge in [-0.2, -0.15) is 0 Å². The maximum Gasteiger partial charge on any atom is 0.334 e. The Morgan fingerprint density at radius 2 is 1.88 bits per heavy atom. The van der Waals surface area contributed by atoms with Gasteiger partial charge in [-0.05, 0) is 12.1 Å². The van der Waals surface area contributed by atoms with Crippen molar-refractivity contribution in [1.29, 1.82) is 0 Å². The lowest BCUT2D eigenvalue weighted by Gasteiger charge is -2.34. The number of hydroxylamine groups is 1. The highest BCUT2D eigenvalue weighted by Gasteiger charge is 2.41. The van der Waals surface area contributed by atoms with Crippen molar-refractivity contribution in [3.8, 4) is 0 Å². The van der Waals surface area contributed by atoms with Gasteiger partial charge in [-0.3, -0.25) is 15.2 Å². The lowest BCUT2D eigenvalue weighted by Crippen LogP contribution is -3.08. The van der Waals surface area contributed by atoms with Gasteiger partial charge in [0.1, 0.15) is 17.8 Å². The zero-order valence-electron chi connectivity index (χ0n) is 8.92. The number of carbonyl (C=O) groups excluding carboxylic acids is 1. The number of carboxylic acid groups (broad SMARTS) is 1. The molecule has 0 spiro atoms. The molecule has 3 unspecified atom stereocenters. The molecule has 17 heavy (non-hydrogen) atoms. The second kappa shape index (κ2) is 4.62. The largest absolute Gasteiger partial charge is 0.621 e. The third-order valence-electron chi connectivity index (χ3n) is 2.75. The fourth-order valence-electron chi connectivity index (χ4n) is 1.70. The summed E-state index contributed by atoms with van der Waals surface area (Å²) >= 11 is 0. The van der Waals surface area contributed by atoms with E-state index < -0.39 is 29.0 Å². The van der Waals surface area contributed by atoms with Gasteiger partial charge in [0.15, 0.2) is 0 Å². The van der Waals surface area contributed by atoms with E-state index in [9.17, 15) is 14.8 Å². The molecule has 1 amide bonds. The first kappa shape index (κ1) is 11.7. The molecule has 3 N–H and O–H groups in total. The second-order valence-electron chi connectivity index (χ2n) is 3.91. The number of nitrogens with one attached hydrogen (secondary N) is 2. The lowest BCUT2D eigenvalue weighted by molar-refractivity contribution is -0.690. The average Bonchev–Trinajstić information content (AvgIpc) is 2.26. The number of quaternary nitrogens is 1. The Hall–Kier alpha value is -1.76. The van der Waals surface area contributed by atoms with Crippen molar-refractivity contribution in [2.45, 2.75) is 18.5 Å². The van der Waals surface area contributed by atoms with Crippen molar-refractivity contribution in [1.82, 2.24) is 5.32 Å². The highest BCUT2D eigenvalue weighted by Crippen LogP contribution is 2.11. The molecule has 2 rings (SSSR count). The van der Waals surface area contributed by atoms with E-state index in [4.69, 9.17) is 5.11 Å². The van der Waals surface area contributed by atoms with Gasteiger partial charge < -0.3 is 10.3 Å². The number of aliphatic carboxylic acids is 1. The highest BCUT2D eigenvalue weighted by atomic mass is 16.5. The molecule has 0 radical (unpaired) electrons. The van der Waals surface area contributed by atoms with Gasteiger partial charge in [0.05, 0.1) is 0 Å². The predicted molar refractivity (Wildman–Crippen MR) is 58.4 cm³/mol. The Balaban J connectivity index is 1.96. The molecular weight excluding hydrogens is 224 g/mol. The Kier molecular flexibility index (Phi) is 3.19. The zero-order chi connectivity index (χ0) is 12.4. The first-order chi connectivity index (χ1) is 8.09. The molecule has 3 atom stereocenters. The van der Waals surface area contributed by atoms with Gasteiger partial charge in [-0.25, -0.2) is 4.79 Å². The summed E-state index contributed by atoms with van der Waals surface area (Å²) in [5, 5.41) is 22.3. The van der Waals surface area contributed by atoms with E-state index in [1.807, 2.05) is 0 Å². The summed E-state index contributed by atoms with van der Waals surface area (Å²) in [6.07, 6.45) is 0.173. The fourth-order valence-corrected chi connectivity index (χ4v) is 1.70. The summed E-state index contributed by atoms with van der Waals surface area (Å²) in [4.78, 5) is 22.2. The van der Waals surface area contributed by atoms with E-state index in [0.29, 0.717) is 5.69 Å². The SMILES string of the molecule is O=C(O)C1CC(C(=O)[NH+]([O-])c2ccccc2)N1. The number of benzene rings is 1. The maximum atomic E-state index is 11.7. The van der Waals surface area contributed by atoms with Gasteiger partial charge >= 0.3 is 11.9 Å². The quantitative estimate of drug-likeness (QED) is 0.588. The van der Waals surface area contributed by atoms with Crippen molar-refractivity contribution in [3.63, 3.8) is 0 Å². The molecule has 1 aliphatic heterocycles. The van der Waals surface area contributed by atoms with Crippen LogP contribution in [0.3, 0.4) is 0 Å². The van der Waals surface area contributed by atoms with Gasteiger partial charge in [0.2, 0.25) is 0 Å². The van der Waals surface area contributed by atoms with E-state index in [1.54, 1.807) is 30.3 Å². The first-order valence-electron chi connectivity index (χ1n) is 5.22. The van der Waals surface area contributed by atoms with Crippen LogP contribution in [0.25, 0.3) is 0 Å². The molecular formula is C11H12N2O4. The topological polar surface area (TPSA) is 93.9 Å². The van der Waals surface area contributed by atoms with Gasteiger partial charge in [-0.1, -0.05) is 18.2 Å². The molecule has 6 nitrogen and oxygen atoms in total. The van der Waals surface area contributed by atoms with Gasteiger partial charge in [0.25, 0.3) is 0 Å². The van der Waals surface area contributed by atoms with Crippen LogP contribution in [-0.2, 0) is 9.59 Å². The molecule has 1 heterocycles. The summed E-state index contributed by atoms with van der Waals surface area (Å²) in [7, 11) is 0. The van der Waals surface area contributed by atoms with Crippen molar-refractivity contribution in [2.24, 2.45) is 0 Å². The summed E-state index contributed by atoms with van der Waals surface area (Å²) in [6.45, 7) is 0. The molecule has 1 aromatic rings. The van der Waals surface area contributed by atoms with Crippen LogP contribution in [0, 0.1) is 5.21 Å². The number of carboxylic acids is 1. The zero-order valence-corrected chi connectivity index (χ0v) is 8.92.